The number of hydrogen-bond acceptors (Lipinski definition) is 5. The average molecular weight is 252 g/mol. The zero-order valence-corrected chi connectivity index (χ0v) is 11.8. The predicted molar refractivity (Wildman–Crippen MR) is 73.8 cm³/mol. The lowest BCUT2D eigenvalue weighted by molar-refractivity contribution is 0.196. The molecule has 0 bridgehead atoms. The number of nitrogens with one attached hydrogen (secondary N) is 1. The first-order chi connectivity index (χ1) is 8.65. The maximum absolute atomic E-state index is 5.07. The van der Waals surface area contributed by atoms with Gasteiger partial charge in [-0.15, -0.1) is 0 Å². The molecule has 0 aliphatic rings. The van der Waals surface area contributed by atoms with Gasteiger partial charge in [0.2, 0.25) is 0 Å². The topological polar surface area (TPSA) is 50.3 Å². The summed E-state index contributed by atoms with van der Waals surface area (Å²) < 4.78 is 5.07. The summed E-state index contributed by atoms with van der Waals surface area (Å²) in [7, 11) is 3.78. The number of methoxy groups -OCH3 is 1. The van der Waals surface area contributed by atoms with E-state index in [0.29, 0.717) is 6.04 Å². The van der Waals surface area contributed by atoms with Crippen LogP contribution in [0.2, 0.25) is 0 Å². The number of nitrogens with zero attached hydrogens (tertiary/aromatic N) is 3. The first kappa shape index (κ1) is 14.9. The van der Waals surface area contributed by atoms with E-state index in [9.17, 15) is 0 Å². The zero-order valence-electron chi connectivity index (χ0n) is 11.8. The van der Waals surface area contributed by atoms with Gasteiger partial charge >= 0.3 is 0 Å². The summed E-state index contributed by atoms with van der Waals surface area (Å²) in [6, 6.07) is 0.455. The summed E-state index contributed by atoms with van der Waals surface area (Å²) in [5.74, 6) is 0.995. The molecule has 0 aromatic carbocycles. The van der Waals surface area contributed by atoms with Crippen molar-refractivity contribution in [3.8, 4) is 0 Å². The number of anilines is 1. The summed E-state index contributed by atoms with van der Waals surface area (Å²) in [6.45, 7) is 6.76. The number of ether oxygens (including phenoxy) is 1. The summed E-state index contributed by atoms with van der Waals surface area (Å²) in [6.07, 6.45) is 4.47. The van der Waals surface area contributed by atoms with Crippen molar-refractivity contribution in [2.45, 2.75) is 32.9 Å². The van der Waals surface area contributed by atoms with E-state index in [1.54, 1.807) is 13.4 Å². The van der Waals surface area contributed by atoms with Crippen molar-refractivity contribution in [3.63, 3.8) is 0 Å². The highest BCUT2D eigenvalue weighted by Crippen LogP contribution is 2.14. The van der Waals surface area contributed by atoms with Gasteiger partial charge in [0.05, 0.1) is 0 Å². The van der Waals surface area contributed by atoms with Crippen LogP contribution in [-0.4, -0.2) is 43.3 Å². The fraction of sp³-hybridized carbons (Fsp3) is 0.692. The smallest absolute Gasteiger partial charge is 0.136 e. The molecule has 0 spiro atoms. The molecule has 5 heteroatoms. The summed E-state index contributed by atoms with van der Waals surface area (Å²) >= 11 is 0. The minimum absolute atomic E-state index is 0.455. The Bertz CT molecular complexity index is 344. The van der Waals surface area contributed by atoms with Gasteiger partial charge < -0.3 is 15.0 Å². The van der Waals surface area contributed by atoms with E-state index in [1.165, 1.54) is 0 Å². The largest absolute Gasteiger partial charge is 0.385 e. The Morgan fingerprint density at radius 3 is 2.89 bits per heavy atom. The Labute approximate surface area is 110 Å². The van der Waals surface area contributed by atoms with Crippen LogP contribution in [-0.2, 0) is 11.3 Å². The second-order valence-corrected chi connectivity index (χ2v) is 4.68. The molecule has 0 aliphatic heterocycles. The zero-order chi connectivity index (χ0) is 13.4. The highest BCUT2D eigenvalue weighted by Gasteiger charge is 2.09. The number of aromatic nitrogens is 2. The predicted octanol–water partition coefficient (Wildman–Crippen LogP) is 1.45. The van der Waals surface area contributed by atoms with Gasteiger partial charge in [-0.25, -0.2) is 9.97 Å². The second-order valence-electron chi connectivity index (χ2n) is 4.68. The summed E-state index contributed by atoms with van der Waals surface area (Å²) in [5, 5.41) is 3.39. The first-order valence-electron chi connectivity index (χ1n) is 6.37. The molecule has 0 saturated carbocycles. The number of rotatable bonds is 8. The molecule has 18 heavy (non-hydrogen) atoms. The van der Waals surface area contributed by atoms with Crippen LogP contribution >= 0.6 is 0 Å². The molecule has 0 amide bonds. The molecule has 0 radical (unpaired) electrons. The molecule has 1 N–H and O–H groups in total. The van der Waals surface area contributed by atoms with E-state index < -0.39 is 0 Å². The van der Waals surface area contributed by atoms with Gasteiger partial charge in [0.1, 0.15) is 12.1 Å². The Balaban J connectivity index is 2.62. The molecule has 0 atom stereocenters. The Morgan fingerprint density at radius 1 is 1.44 bits per heavy atom. The van der Waals surface area contributed by atoms with Crippen LogP contribution in [0.1, 0.15) is 25.8 Å². The van der Waals surface area contributed by atoms with Crippen LogP contribution in [0.25, 0.3) is 0 Å². The normalized spacial score (nSPS) is 10.9. The average Bonchev–Trinajstić information content (AvgIpc) is 2.37. The van der Waals surface area contributed by atoms with E-state index in [0.717, 1.165) is 37.5 Å². The lowest BCUT2D eigenvalue weighted by Gasteiger charge is -2.21. The lowest BCUT2D eigenvalue weighted by Crippen LogP contribution is -2.26. The fourth-order valence-electron chi connectivity index (χ4n) is 1.69. The minimum Gasteiger partial charge on any atom is -0.385 e. The Kier molecular flexibility index (Phi) is 6.60. The van der Waals surface area contributed by atoms with Crippen LogP contribution in [0.3, 0.4) is 0 Å². The molecule has 102 valence electrons. The standard InChI is InChI=1S/C13H24N4O/c1-11(2)15-9-12-8-14-10-16-13(12)17(3)6-5-7-18-4/h8,10-11,15H,5-7,9H2,1-4H3. The third-order valence-electron chi connectivity index (χ3n) is 2.67. The second kappa shape index (κ2) is 8.00. The van der Waals surface area contributed by atoms with E-state index >= 15 is 0 Å². The number of hydrogen-bond donors (Lipinski definition) is 1. The quantitative estimate of drug-likeness (QED) is 0.710. The lowest BCUT2D eigenvalue weighted by atomic mass is 10.2. The molecule has 0 fully saturated rings. The van der Waals surface area contributed by atoms with Gasteiger partial charge in [-0.2, -0.15) is 0 Å². The Morgan fingerprint density at radius 2 is 2.22 bits per heavy atom. The van der Waals surface area contributed by atoms with Crippen LogP contribution in [0.5, 0.6) is 0 Å². The van der Waals surface area contributed by atoms with Crippen molar-refractivity contribution in [3.05, 3.63) is 18.1 Å². The van der Waals surface area contributed by atoms with Gasteiger partial charge in [0.25, 0.3) is 0 Å². The molecule has 0 aliphatic carbocycles. The van der Waals surface area contributed by atoms with Crippen LogP contribution in [0.4, 0.5) is 5.82 Å². The first-order valence-corrected chi connectivity index (χ1v) is 6.37. The summed E-state index contributed by atoms with van der Waals surface area (Å²) in [5.41, 5.74) is 1.13. The van der Waals surface area contributed by atoms with Crippen molar-refractivity contribution < 1.29 is 4.74 Å². The van der Waals surface area contributed by atoms with Crippen LogP contribution in [0.15, 0.2) is 12.5 Å². The van der Waals surface area contributed by atoms with E-state index in [-0.39, 0.29) is 0 Å². The van der Waals surface area contributed by atoms with Gasteiger partial charge in [-0.1, -0.05) is 13.8 Å². The fourth-order valence-corrected chi connectivity index (χ4v) is 1.69. The van der Waals surface area contributed by atoms with Crippen LogP contribution < -0.4 is 10.2 Å². The maximum atomic E-state index is 5.07. The van der Waals surface area contributed by atoms with Crippen molar-refractivity contribution >= 4 is 5.82 Å². The molecular formula is C13H24N4O. The molecular weight excluding hydrogens is 228 g/mol. The minimum atomic E-state index is 0.455. The van der Waals surface area contributed by atoms with Crippen molar-refractivity contribution in [2.75, 3.05) is 32.2 Å². The third-order valence-corrected chi connectivity index (χ3v) is 2.67. The Hall–Kier alpha value is -1.20. The molecule has 1 aromatic heterocycles. The van der Waals surface area contributed by atoms with Gasteiger partial charge in [-0.3, -0.25) is 0 Å². The van der Waals surface area contributed by atoms with Crippen LogP contribution in [0, 0.1) is 0 Å². The van der Waals surface area contributed by atoms with E-state index in [2.05, 4.69) is 41.1 Å². The van der Waals surface area contributed by atoms with Crippen molar-refractivity contribution in [1.82, 2.24) is 15.3 Å². The maximum Gasteiger partial charge on any atom is 0.136 e. The highest BCUT2D eigenvalue weighted by atomic mass is 16.5. The molecule has 0 saturated heterocycles. The van der Waals surface area contributed by atoms with Gasteiger partial charge in [-0.05, 0) is 6.42 Å². The van der Waals surface area contributed by atoms with E-state index in [1.807, 2.05) is 6.20 Å². The van der Waals surface area contributed by atoms with Gasteiger partial charge in [0.15, 0.2) is 0 Å². The molecule has 1 aromatic rings. The molecule has 5 nitrogen and oxygen atoms in total. The molecule has 0 unspecified atom stereocenters. The molecule has 1 heterocycles. The highest BCUT2D eigenvalue weighted by molar-refractivity contribution is 5.44. The van der Waals surface area contributed by atoms with Crippen molar-refractivity contribution in [2.24, 2.45) is 0 Å². The summed E-state index contributed by atoms with van der Waals surface area (Å²) in [4.78, 5) is 10.6. The monoisotopic (exact) mass is 252 g/mol. The van der Waals surface area contributed by atoms with Crippen molar-refractivity contribution in [1.29, 1.82) is 0 Å². The van der Waals surface area contributed by atoms with Gasteiger partial charge in [0, 0.05) is 51.7 Å². The SMILES string of the molecule is COCCCN(C)c1ncncc1CNC(C)C. The molecule has 1 rings (SSSR count). The third kappa shape index (κ3) is 4.98. The van der Waals surface area contributed by atoms with E-state index in [4.69, 9.17) is 4.74 Å².